The van der Waals surface area contributed by atoms with Crippen LogP contribution in [-0.4, -0.2) is 30.7 Å². The van der Waals surface area contributed by atoms with Crippen LogP contribution in [-0.2, 0) is 16.2 Å². The number of aliphatic hydroxyl groups excluding tert-OH is 1. The zero-order valence-electron chi connectivity index (χ0n) is 13.6. The Balaban J connectivity index is 2.26. The molecule has 142 valence electrons. The molecular formula is C17H11ClF3NO4S. The van der Waals surface area contributed by atoms with Gasteiger partial charge in [-0.3, -0.25) is 9.10 Å². The van der Waals surface area contributed by atoms with Gasteiger partial charge in [-0.2, -0.15) is 13.2 Å². The smallest absolute Gasteiger partial charge is 0.417 e. The molecule has 0 fully saturated rings. The summed E-state index contributed by atoms with van der Waals surface area (Å²) in [5.74, 6) is -1.73. The van der Waals surface area contributed by atoms with Crippen LogP contribution in [0, 0.1) is 0 Å². The van der Waals surface area contributed by atoms with Gasteiger partial charge in [0.2, 0.25) is 5.78 Å². The lowest BCUT2D eigenvalue weighted by molar-refractivity contribution is -0.137. The summed E-state index contributed by atoms with van der Waals surface area (Å²) in [6.07, 6.45) is -4.79. The van der Waals surface area contributed by atoms with E-state index in [0.29, 0.717) is 10.4 Å². The number of nitrogens with zero attached hydrogens (tertiary/aromatic N) is 1. The molecule has 1 aliphatic heterocycles. The molecular weight excluding hydrogens is 407 g/mol. The van der Waals surface area contributed by atoms with E-state index < -0.39 is 49.6 Å². The predicted molar refractivity (Wildman–Crippen MR) is 91.7 cm³/mol. The highest BCUT2D eigenvalue weighted by atomic mass is 35.5. The number of aliphatic hydroxyl groups is 1. The van der Waals surface area contributed by atoms with E-state index in [2.05, 4.69) is 0 Å². The minimum absolute atomic E-state index is 0.179. The summed E-state index contributed by atoms with van der Waals surface area (Å²) >= 11 is 5.55. The van der Waals surface area contributed by atoms with Gasteiger partial charge in [0.25, 0.3) is 10.0 Å². The molecule has 1 N–H and O–H groups in total. The standard InChI is InChI=1S/C17H11ClF3NO4S/c1-22-14(16(24)10-4-2-3-5-13(10)27(22,25)26)15(23)9-6-7-12(18)11(8-9)17(19,20)21/h2-8,23H,1H3/b15-14+. The molecule has 5 nitrogen and oxygen atoms in total. The van der Waals surface area contributed by atoms with Crippen LogP contribution >= 0.6 is 11.6 Å². The zero-order chi connectivity index (χ0) is 20.1. The lowest BCUT2D eigenvalue weighted by Crippen LogP contribution is -2.37. The van der Waals surface area contributed by atoms with Gasteiger partial charge in [-0.05, 0) is 30.3 Å². The number of ketones is 1. The minimum atomic E-state index is -4.79. The molecule has 0 amide bonds. The molecule has 0 saturated heterocycles. The minimum Gasteiger partial charge on any atom is -0.505 e. The number of Topliss-reactive ketones (excluding diaryl/α,β-unsaturated/α-hetero) is 1. The van der Waals surface area contributed by atoms with Crippen LogP contribution in [0.25, 0.3) is 5.76 Å². The van der Waals surface area contributed by atoms with Crippen LogP contribution in [0.15, 0.2) is 53.1 Å². The molecule has 0 radical (unpaired) electrons. The molecule has 0 saturated carbocycles. The SMILES string of the molecule is CN1/C(=C(/O)c2ccc(Cl)c(C(F)(F)F)c2)C(=O)c2ccccc2S1(=O)=O. The van der Waals surface area contributed by atoms with Crippen molar-refractivity contribution in [3.63, 3.8) is 0 Å². The maximum Gasteiger partial charge on any atom is 0.417 e. The number of carbonyl (C=O) groups is 1. The average Bonchev–Trinajstić information content (AvgIpc) is 2.60. The Bertz CT molecular complexity index is 1090. The summed E-state index contributed by atoms with van der Waals surface area (Å²) in [5, 5.41) is 9.87. The highest BCUT2D eigenvalue weighted by Gasteiger charge is 2.40. The van der Waals surface area contributed by atoms with Crippen molar-refractivity contribution in [2.45, 2.75) is 11.1 Å². The number of hydrogen-bond donors (Lipinski definition) is 1. The molecule has 10 heteroatoms. The number of carbonyl (C=O) groups excluding carboxylic acids is 1. The predicted octanol–water partition coefficient (Wildman–Crippen LogP) is 4.10. The Morgan fingerprint density at radius 2 is 1.78 bits per heavy atom. The number of allylic oxidation sites excluding steroid dienone is 1. The molecule has 2 aromatic carbocycles. The second-order valence-corrected chi connectivity index (χ2v) is 8.03. The van der Waals surface area contributed by atoms with E-state index >= 15 is 0 Å². The first-order valence-electron chi connectivity index (χ1n) is 7.39. The lowest BCUT2D eigenvalue weighted by Gasteiger charge is -2.28. The molecule has 0 aliphatic carbocycles. The Kier molecular flexibility index (Phi) is 4.47. The van der Waals surface area contributed by atoms with E-state index in [1.54, 1.807) is 0 Å². The molecule has 3 rings (SSSR count). The van der Waals surface area contributed by atoms with Crippen molar-refractivity contribution >= 4 is 33.2 Å². The molecule has 0 aromatic heterocycles. The van der Waals surface area contributed by atoms with Crippen LogP contribution in [0.3, 0.4) is 0 Å². The van der Waals surface area contributed by atoms with Crippen LogP contribution < -0.4 is 0 Å². The number of alkyl halides is 3. The fraction of sp³-hybridized carbons (Fsp3) is 0.118. The molecule has 1 heterocycles. The van der Waals surface area contributed by atoms with Gasteiger partial charge in [0, 0.05) is 18.2 Å². The summed E-state index contributed by atoms with van der Waals surface area (Å²) in [6, 6.07) is 7.89. The van der Waals surface area contributed by atoms with Gasteiger partial charge in [0.05, 0.1) is 15.5 Å². The maximum absolute atomic E-state index is 13.1. The maximum atomic E-state index is 13.1. The van der Waals surface area contributed by atoms with Crippen LogP contribution in [0.1, 0.15) is 21.5 Å². The van der Waals surface area contributed by atoms with E-state index in [-0.39, 0.29) is 10.5 Å². The van der Waals surface area contributed by atoms with Gasteiger partial charge in [-0.25, -0.2) is 8.42 Å². The topological polar surface area (TPSA) is 74.7 Å². The second-order valence-electron chi connectivity index (χ2n) is 5.69. The van der Waals surface area contributed by atoms with Gasteiger partial charge in [0.15, 0.2) is 5.76 Å². The number of halogens is 4. The fourth-order valence-electron chi connectivity index (χ4n) is 2.70. The van der Waals surface area contributed by atoms with Crippen molar-refractivity contribution in [2.75, 3.05) is 7.05 Å². The van der Waals surface area contributed by atoms with E-state index in [1.165, 1.54) is 24.3 Å². The molecule has 1 aliphatic rings. The Morgan fingerprint density at radius 3 is 2.41 bits per heavy atom. The molecule has 0 atom stereocenters. The zero-order valence-corrected chi connectivity index (χ0v) is 15.2. The molecule has 2 aromatic rings. The van der Waals surface area contributed by atoms with Crippen molar-refractivity contribution in [3.8, 4) is 0 Å². The van der Waals surface area contributed by atoms with Gasteiger partial charge in [-0.1, -0.05) is 23.7 Å². The molecule has 27 heavy (non-hydrogen) atoms. The number of fused-ring (bicyclic) bond motifs is 1. The first-order chi connectivity index (χ1) is 12.5. The van der Waals surface area contributed by atoms with E-state index in [1.807, 2.05) is 0 Å². The highest BCUT2D eigenvalue weighted by molar-refractivity contribution is 7.89. The van der Waals surface area contributed by atoms with Gasteiger partial charge < -0.3 is 5.11 Å². The summed E-state index contributed by atoms with van der Waals surface area (Å²) in [6.45, 7) is 0. The number of benzene rings is 2. The molecule has 0 unspecified atom stereocenters. The normalized spacial score (nSPS) is 18.3. The quantitative estimate of drug-likeness (QED) is 0.560. The van der Waals surface area contributed by atoms with Crippen molar-refractivity contribution in [1.82, 2.24) is 4.31 Å². The van der Waals surface area contributed by atoms with Crippen molar-refractivity contribution in [2.24, 2.45) is 0 Å². The number of rotatable bonds is 1. The summed E-state index contributed by atoms with van der Waals surface area (Å²) < 4.78 is 64.9. The van der Waals surface area contributed by atoms with Gasteiger partial charge in [-0.15, -0.1) is 0 Å². The molecule has 0 spiro atoms. The summed E-state index contributed by atoms with van der Waals surface area (Å²) in [7, 11) is -3.12. The van der Waals surface area contributed by atoms with Crippen LogP contribution in [0.2, 0.25) is 5.02 Å². The Labute approximate surface area is 157 Å². The highest BCUT2D eigenvalue weighted by Crippen LogP contribution is 2.38. The third-order valence-electron chi connectivity index (χ3n) is 4.07. The number of sulfonamides is 1. The average molecular weight is 418 g/mol. The molecule has 0 bridgehead atoms. The van der Waals surface area contributed by atoms with Crippen molar-refractivity contribution in [3.05, 3.63) is 69.9 Å². The van der Waals surface area contributed by atoms with Gasteiger partial charge in [0.1, 0.15) is 5.70 Å². The third kappa shape index (κ3) is 3.06. The summed E-state index contributed by atoms with van der Waals surface area (Å²) in [5.41, 5.74) is -2.44. The third-order valence-corrected chi connectivity index (χ3v) is 6.21. The number of hydrogen-bond acceptors (Lipinski definition) is 4. The van der Waals surface area contributed by atoms with Crippen molar-refractivity contribution in [1.29, 1.82) is 0 Å². The number of likely N-dealkylation sites (N-methyl/N-ethyl adjacent to an activating group) is 1. The largest absolute Gasteiger partial charge is 0.505 e. The van der Waals surface area contributed by atoms with E-state index in [4.69, 9.17) is 11.6 Å². The Hall–Kier alpha value is -2.52. The monoisotopic (exact) mass is 417 g/mol. The fourth-order valence-corrected chi connectivity index (χ4v) is 4.32. The first kappa shape index (κ1) is 19.2. The first-order valence-corrected chi connectivity index (χ1v) is 9.21. The van der Waals surface area contributed by atoms with Crippen LogP contribution in [0.4, 0.5) is 13.2 Å². The second kappa shape index (κ2) is 6.28. The van der Waals surface area contributed by atoms with Gasteiger partial charge >= 0.3 is 6.18 Å². The van der Waals surface area contributed by atoms with Crippen molar-refractivity contribution < 1.29 is 31.5 Å². The van der Waals surface area contributed by atoms with E-state index in [9.17, 15) is 31.5 Å². The Morgan fingerprint density at radius 1 is 1.15 bits per heavy atom. The summed E-state index contributed by atoms with van der Waals surface area (Å²) in [4.78, 5) is 12.5. The van der Waals surface area contributed by atoms with E-state index in [0.717, 1.165) is 19.2 Å². The lowest BCUT2D eigenvalue weighted by atomic mass is 10.0. The van der Waals surface area contributed by atoms with Crippen LogP contribution in [0.5, 0.6) is 0 Å².